The van der Waals surface area contributed by atoms with Gasteiger partial charge in [-0.3, -0.25) is 4.79 Å². The molecule has 1 aromatic rings. The molecule has 0 aromatic carbocycles. The predicted octanol–water partition coefficient (Wildman–Crippen LogP) is 4.96. The van der Waals surface area contributed by atoms with Gasteiger partial charge in [-0.1, -0.05) is 70.5 Å². The first-order valence-corrected chi connectivity index (χ1v) is 10.6. The number of nitrogens with zero attached hydrogens (tertiary/aromatic N) is 2. The van der Waals surface area contributed by atoms with Crippen molar-refractivity contribution in [2.24, 2.45) is 0 Å². The normalized spacial score (nSPS) is 14.6. The average Bonchev–Trinajstić information content (AvgIpc) is 3.21. The quantitative estimate of drug-likeness (QED) is 0.402. The molecule has 1 aliphatic rings. The highest BCUT2D eigenvalue weighted by molar-refractivity contribution is 6.08. The number of unbranched alkanes of at least 4 members (excludes halogenated alkanes) is 8. The summed E-state index contributed by atoms with van der Waals surface area (Å²) in [6.07, 6.45) is 18.5. The summed E-state index contributed by atoms with van der Waals surface area (Å²) in [7, 11) is 5.49. The molecule has 0 aliphatic heterocycles. The van der Waals surface area contributed by atoms with Crippen LogP contribution in [0.1, 0.15) is 106 Å². The molecule has 1 aromatic heterocycles. The number of amides is 1. The molecule has 0 saturated heterocycles. The smallest absolute Gasteiger partial charge is 0.270 e. The summed E-state index contributed by atoms with van der Waals surface area (Å²) in [6.45, 7) is 0.734. The SMILES string of the molecule is [B]CCCCCCCCCCCNC(=O)c1ccnc(C2CCCC2)n1. The third-order valence-electron chi connectivity index (χ3n) is 5.29. The van der Waals surface area contributed by atoms with Gasteiger partial charge in [0.05, 0.1) is 7.85 Å². The van der Waals surface area contributed by atoms with Crippen molar-refractivity contribution in [2.75, 3.05) is 6.54 Å². The standard InChI is InChI=1S/C21H34BN3O/c22-15-10-6-4-2-1-3-5-7-11-16-24-21(26)19-14-17-23-20(25-19)18-12-8-9-13-18/h14,17-18H,1-13,15-16H2,(H,24,26). The molecule has 1 saturated carbocycles. The van der Waals surface area contributed by atoms with Crippen LogP contribution in [0.4, 0.5) is 0 Å². The van der Waals surface area contributed by atoms with Crippen LogP contribution in [0.5, 0.6) is 0 Å². The molecule has 0 spiro atoms. The molecule has 1 amide bonds. The average molecular weight is 355 g/mol. The molecule has 1 heterocycles. The van der Waals surface area contributed by atoms with Crippen molar-refractivity contribution >= 4 is 13.8 Å². The zero-order valence-electron chi connectivity index (χ0n) is 16.2. The van der Waals surface area contributed by atoms with Crippen molar-refractivity contribution in [3.8, 4) is 0 Å². The highest BCUT2D eigenvalue weighted by Crippen LogP contribution is 2.31. The molecule has 2 rings (SSSR count). The molecule has 26 heavy (non-hydrogen) atoms. The minimum Gasteiger partial charge on any atom is -0.351 e. The second-order valence-corrected chi connectivity index (χ2v) is 7.51. The van der Waals surface area contributed by atoms with Crippen LogP contribution in [-0.2, 0) is 0 Å². The Bertz CT molecular complexity index is 518. The Morgan fingerprint density at radius 3 is 2.27 bits per heavy atom. The van der Waals surface area contributed by atoms with Gasteiger partial charge in [-0.15, -0.1) is 0 Å². The van der Waals surface area contributed by atoms with Crippen LogP contribution in [-0.4, -0.2) is 30.3 Å². The highest BCUT2D eigenvalue weighted by Gasteiger charge is 2.20. The van der Waals surface area contributed by atoms with E-state index in [0.717, 1.165) is 44.4 Å². The maximum Gasteiger partial charge on any atom is 0.270 e. The highest BCUT2D eigenvalue weighted by atomic mass is 16.1. The van der Waals surface area contributed by atoms with Crippen LogP contribution in [0.25, 0.3) is 0 Å². The topological polar surface area (TPSA) is 54.9 Å². The molecule has 0 atom stereocenters. The first-order valence-electron chi connectivity index (χ1n) is 10.6. The second kappa shape index (κ2) is 12.9. The summed E-state index contributed by atoms with van der Waals surface area (Å²) in [5, 5.41) is 3.00. The lowest BCUT2D eigenvalue weighted by Crippen LogP contribution is -2.26. The van der Waals surface area contributed by atoms with Gasteiger partial charge >= 0.3 is 0 Å². The number of hydrogen-bond acceptors (Lipinski definition) is 3. The van der Waals surface area contributed by atoms with Gasteiger partial charge in [-0.05, 0) is 25.3 Å². The molecule has 1 N–H and O–H groups in total. The van der Waals surface area contributed by atoms with Gasteiger partial charge in [0.1, 0.15) is 11.5 Å². The van der Waals surface area contributed by atoms with Crippen LogP contribution in [0.15, 0.2) is 12.3 Å². The minimum atomic E-state index is -0.0634. The summed E-state index contributed by atoms with van der Waals surface area (Å²) >= 11 is 0. The lowest BCUT2D eigenvalue weighted by atomic mass is 9.98. The third kappa shape index (κ3) is 7.88. The fraction of sp³-hybridized carbons (Fsp3) is 0.762. The zero-order chi connectivity index (χ0) is 18.5. The number of carbonyl (C=O) groups is 1. The number of rotatable bonds is 13. The number of carbonyl (C=O) groups excluding carboxylic acids is 1. The predicted molar refractivity (Wildman–Crippen MR) is 108 cm³/mol. The van der Waals surface area contributed by atoms with Gasteiger partial charge in [0.25, 0.3) is 5.91 Å². The van der Waals surface area contributed by atoms with Gasteiger partial charge in [0, 0.05) is 18.7 Å². The van der Waals surface area contributed by atoms with Gasteiger partial charge in [-0.25, -0.2) is 9.97 Å². The van der Waals surface area contributed by atoms with E-state index in [0.29, 0.717) is 11.6 Å². The van der Waals surface area contributed by atoms with Crippen LogP contribution in [0.3, 0.4) is 0 Å². The molecule has 1 aliphatic carbocycles. The van der Waals surface area contributed by atoms with E-state index in [2.05, 4.69) is 15.3 Å². The Morgan fingerprint density at radius 2 is 1.62 bits per heavy atom. The van der Waals surface area contributed by atoms with Gasteiger partial charge in [0.2, 0.25) is 0 Å². The summed E-state index contributed by atoms with van der Waals surface area (Å²) in [5.41, 5.74) is 0.513. The maximum absolute atomic E-state index is 12.3. The Hall–Kier alpha value is -1.39. The van der Waals surface area contributed by atoms with Crippen LogP contribution in [0, 0.1) is 0 Å². The van der Waals surface area contributed by atoms with Crippen molar-refractivity contribution in [1.82, 2.24) is 15.3 Å². The Labute approximate surface area is 160 Å². The molecule has 2 radical (unpaired) electrons. The van der Waals surface area contributed by atoms with E-state index in [1.165, 1.54) is 57.8 Å². The summed E-state index contributed by atoms with van der Waals surface area (Å²) in [5.74, 6) is 1.23. The first-order chi connectivity index (χ1) is 12.8. The van der Waals surface area contributed by atoms with Crippen molar-refractivity contribution in [3.63, 3.8) is 0 Å². The van der Waals surface area contributed by atoms with E-state index in [1.54, 1.807) is 12.3 Å². The molecular weight excluding hydrogens is 321 g/mol. The monoisotopic (exact) mass is 355 g/mol. The number of hydrogen-bond donors (Lipinski definition) is 1. The van der Waals surface area contributed by atoms with E-state index in [-0.39, 0.29) is 5.91 Å². The Kier molecular flexibility index (Phi) is 10.4. The minimum absolute atomic E-state index is 0.0634. The molecule has 5 heteroatoms. The van der Waals surface area contributed by atoms with E-state index in [9.17, 15) is 4.79 Å². The molecule has 142 valence electrons. The van der Waals surface area contributed by atoms with E-state index < -0.39 is 0 Å². The molecule has 4 nitrogen and oxygen atoms in total. The Morgan fingerprint density at radius 1 is 1.00 bits per heavy atom. The van der Waals surface area contributed by atoms with Crippen molar-refractivity contribution in [2.45, 2.75) is 95.7 Å². The van der Waals surface area contributed by atoms with Crippen LogP contribution < -0.4 is 5.32 Å². The van der Waals surface area contributed by atoms with Gasteiger partial charge in [0.15, 0.2) is 0 Å². The maximum atomic E-state index is 12.3. The molecular formula is C21H34BN3O. The summed E-state index contributed by atoms with van der Waals surface area (Å²) in [4.78, 5) is 21.1. The number of aromatic nitrogens is 2. The van der Waals surface area contributed by atoms with E-state index in [1.807, 2.05) is 0 Å². The van der Waals surface area contributed by atoms with Crippen LogP contribution >= 0.6 is 0 Å². The molecule has 0 unspecified atom stereocenters. The van der Waals surface area contributed by atoms with Gasteiger partial charge in [-0.2, -0.15) is 0 Å². The van der Waals surface area contributed by atoms with Crippen molar-refractivity contribution < 1.29 is 4.79 Å². The summed E-state index contributed by atoms with van der Waals surface area (Å²) in [6, 6.07) is 1.72. The fourth-order valence-corrected chi connectivity index (χ4v) is 3.68. The lowest BCUT2D eigenvalue weighted by Gasteiger charge is -2.09. The van der Waals surface area contributed by atoms with Crippen molar-refractivity contribution in [1.29, 1.82) is 0 Å². The van der Waals surface area contributed by atoms with E-state index in [4.69, 9.17) is 7.85 Å². The molecule has 0 bridgehead atoms. The van der Waals surface area contributed by atoms with Crippen LogP contribution in [0.2, 0.25) is 6.32 Å². The van der Waals surface area contributed by atoms with Gasteiger partial charge < -0.3 is 5.32 Å². The largest absolute Gasteiger partial charge is 0.351 e. The van der Waals surface area contributed by atoms with E-state index >= 15 is 0 Å². The zero-order valence-corrected chi connectivity index (χ0v) is 16.2. The van der Waals surface area contributed by atoms with Crippen molar-refractivity contribution in [3.05, 3.63) is 23.8 Å². The summed E-state index contributed by atoms with van der Waals surface area (Å²) < 4.78 is 0. The second-order valence-electron chi connectivity index (χ2n) is 7.51. The Balaban J connectivity index is 1.53. The third-order valence-corrected chi connectivity index (χ3v) is 5.29. The lowest BCUT2D eigenvalue weighted by molar-refractivity contribution is 0.0947. The first kappa shape index (κ1) is 20.9. The molecule has 1 fully saturated rings. The fourth-order valence-electron chi connectivity index (χ4n) is 3.68. The number of nitrogens with one attached hydrogen (secondary N) is 1.